The highest BCUT2D eigenvalue weighted by atomic mass is 16.4. The van der Waals surface area contributed by atoms with E-state index in [0.717, 1.165) is 5.69 Å². The average Bonchev–Trinajstić information content (AvgIpc) is 2.71. The van der Waals surface area contributed by atoms with Crippen molar-refractivity contribution in [2.24, 2.45) is 11.5 Å². The lowest BCUT2D eigenvalue weighted by Gasteiger charge is -2.02. The summed E-state index contributed by atoms with van der Waals surface area (Å²) < 4.78 is 0. The SMILES string of the molecule is CC(N)C(=O)O.NC(Cc1cnc[nH]1)C(=O)O. The summed E-state index contributed by atoms with van der Waals surface area (Å²) in [5, 5.41) is 16.3. The first-order chi connectivity index (χ1) is 7.84. The van der Waals surface area contributed by atoms with Crippen molar-refractivity contribution in [2.75, 3.05) is 0 Å². The maximum atomic E-state index is 10.3. The molecule has 0 saturated carbocycles. The summed E-state index contributed by atoms with van der Waals surface area (Å²) in [6.07, 6.45) is 3.34. The second-order valence-electron chi connectivity index (χ2n) is 3.35. The van der Waals surface area contributed by atoms with Gasteiger partial charge in [-0.1, -0.05) is 0 Å². The van der Waals surface area contributed by atoms with Gasteiger partial charge in [0, 0.05) is 18.3 Å². The number of aromatic nitrogens is 2. The second-order valence-corrected chi connectivity index (χ2v) is 3.35. The molecule has 0 fully saturated rings. The average molecular weight is 244 g/mol. The summed E-state index contributed by atoms with van der Waals surface area (Å²) in [5.74, 6) is -1.96. The topological polar surface area (TPSA) is 155 Å². The van der Waals surface area contributed by atoms with Gasteiger partial charge in [-0.2, -0.15) is 0 Å². The van der Waals surface area contributed by atoms with E-state index in [1.54, 1.807) is 6.20 Å². The fraction of sp³-hybridized carbons (Fsp3) is 0.444. The highest BCUT2D eigenvalue weighted by Crippen LogP contribution is 1.95. The van der Waals surface area contributed by atoms with Gasteiger partial charge in [0.2, 0.25) is 0 Å². The summed E-state index contributed by atoms with van der Waals surface area (Å²) in [7, 11) is 0. The molecule has 96 valence electrons. The van der Waals surface area contributed by atoms with Crippen LogP contribution >= 0.6 is 0 Å². The third-order valence-corrected chi connectivity index (χ3v) is 1.70. The number of nitrogens with one attached hydrogen (secondary N) is 1. The van der Waals surface area contributed by atoms with E-state index in [4.69, 9.17) is 21.7 Å². The third kappa shape index (κ3) is 7.03. The Hall–Kier alpha value is -1.93. The molecular weight excluding hydrogens is 228 g/mol. The number of carboxylic acids is 2. The van der Waals surface area contributed by atoms with Gasteiger partial charge in [-0.05, 0) is 6.92 Å². The predicted octanol–water partition coefficient (Wildman–Crippen LogP) is -1.22. The van der Waals surface area contributed by atoms with Crippen LogP contribution in [0, 0.1) is 0 Å². The van der Waals surface area contributed by atoms with Crippen molar-refractivity contribution >= 4 is 11.9 Å². The molecule has 0 aliphatic rings. The summed E-state index contributed by atoms with van der Waals surface area (Å²) >= 11 is 0. The number of carboxylic acid groups (broad SMARTS) is 2. The van der Waals surface area contributed by atoms with Crippen LogP contribution < -0.4 is 11.5 Å². The molecular formula is C9H16N4O4. The monoisotopic (exact) mass is 244 g/mol. The summed E-state index contributed by atoms with van der Waals surface area (Å²) in [4.78, 5) is 26.3. The first kappa shape index (κ1) is 15.1. The van der Waals surface area contributed by atoms with Gasteiger partial charge >= 0.3 is 11.9 Å². The maximum absolute atomic E-state index is 10.3. The Morgan fingerprint density at radius 1 is 1.41 bits per heavy atom. The molecule has 0 saturated heterocycles. The Labute approximate surface area is 97.6 Å². The van der Waals surface area contributed by atoms with Gasteiger partial charge in [-0.25, -0.2) is 4.98 Å². The van der Waals surface area contributed by atoms with Crippen molar-refractivity contribution in [1.29, 1.82) is 0 Å². The largest absolute Gasteiger partial charge is 0.480 e. The number of hydrogen-bond donors (Lipinski definition) is 5. The van der Waals surface area contributed by atoms with Crippen LogP contribution in [0.25, 0.3) is 0 Å². The predicted molar refractivity (Wildman–Crippen MR) is 59.2 cm³/mol. The molecule has 0 radical (unpaired) electrons. The summed E-state index contributed by atoms with van der Waals surface area (Å²) in [5.41, 5.74) is 10.8. The van der Waals surface area contributed by atoms with E-state index in [2.05, 4.69) is 9.97 Å². The van der Waals surface area contributed by atoms with Crippen molar-refractivity contribution in [3.63, 3.8) is 0 Å². The smallest absolute Gasteiger partial charge is 0.320 e. The van der Waals surface area contributed by atoms with Gasteiger partial charge < -0.3 is 26.7 Å². The Balaban J connectivity index is 0.000000366. The number of nitrogens with zero attached hydrogens (tertiary/aromatic N) is 1. The molecule has 1 rings (SSSR count). The van der Waals surface area contributed by atoms with Gasteiger partial charge in [0.05, 0.1) is 6.33 Å². The van der Waals surface area contributed by atoms with Gasteiger partial charge in [0.15, 0.2) is 0 Å². The molecule has 2 atom stereocenters. The van der Waals surface area contributed by atoms with Crippen LogP contribution in [-0.2, 0) is 16.0 Å². The van der Waals surface area contributed by atoms with Gasteiger partial charge in [0.25, 0.3) is 0 Å². The molecule has 1 aromatic heterocycles. The van der Waals surface area contributed by atoms with E-state index in [9.17, 15) is 9.59 Å². The van der Waals surface area contributed by atoms with Gasteiger partial charge in [0.1, 0.15) is 12.1 Å². The zero-order chi connectivity index (χ0) is 13.4. The first-order valence-corrected chi connectivity index (χ1v) is 4.78. The number of carbonyl (C=O) groups is 2. The Morgan fingerprint density at radius 3 is 2.24 bits per heavy atom. The van der Waals surface area contributed by atoms with Crippen LogP contribution in [0.4, 0.5) is 0 Å². The molecule has 1 heterocycles. The molecule has 0 spiro atoms. The fourth-order valence-electron chi connectivity index (χ4n) is 0.721. The Morgan fingerprint density at radius 2 is 1.94 bits per heavy atom. The number of aliphatic carboxylic acids is 2. The highest BCUT2D eigenvalue weighted by Gasteiger charge is 2.11. The lowest BCUT2D eigenvalue weighted by Crippen LogP contribution is -2.32. The van der Waals surface area contributed by atoms with Crippen LogP contribution in [0.5, 0.6) is 0 Å². The van der Waals surface area contributed by atoms with Crippen molar-refractivity contribution in [1.82, 2.24) is 9.97 Å². The molecule has 7 N–H and O–H groups in total. The number of H-pyrrole nitrogens is 1. The summed E-state index contributed by atoms with van der Waals surface area (Å²) in [6, 6.07) is -1.58. The van der Waals surface area contributed by atoms with Gasteiger partial charge in [-0.3, -0.25) is 9.59 Å². The third-order valence-electron chi connectivity index (χ3n) is 1.70. The minimum atomic E-state index is -1.00. The van der Waals surface area contributed by atoms with Crippen LogP contribution in [0.1, 0.15) is 12.6 Å². The molecule has 8 nitrogen and oxygen atoms in total. The van der Waals surface area contributed by atoms with E-state index in [-0.39, 0.29) is 6.42 Å². The summed E-state index contributed by atoms with van der Waals surface area (Å²) in [6.45, 7) is 1.42. The van der Waals surface area contributed by atoms with Crippen LogP contribution in [0.2, 0.25) is 0 Å². The van der Waals surface area contributed by atoms with E-state index in [1.807, 2.05) is 0 Å². The van der Waals surface area contributed by atoms with E-state index >= 15 is 0 Å². The van der Waals surface area contributed by atoms with E-state index in [0.29, 0.717) is 0 Å². The molecule has 2 unspecified atom stereocenters. The zero-order valence-corrected chi connectivity index (χ0v) is 9.33. The van der Waals surface area contributed by atoms with Crippen LogP contribution in [-0.4, -0.2) is 44.2 Å². The fourth-order valence-corrected chi connectivity index (χ4v) is 0.721. The minimum Gasteiger partial charge on any atom is -0.480 e. The Kier molecular flexibility index (Phi) is 6.53. The molecule has 0 aliphatic carbocycles. The van der Waals surface area contributed by atoms with Crippen LogP contribution in [0.3, 0.4) is 0 Å². The molecule has 17 heavy (non-hydrogen) atoms. The number of imidazole rings is 1. The molecule has 0 bridgehead atoms. The molecule has 0 amide bonds. The molecule has 8 heteroatoms. The number of aromatic amines is 1. The molecule has 0 aliphatic heterocycles. The number of rotatable bonds is 4. The van der Waals surface area contributed by atoms with E-state index in [1.165, 1.54) is 13.3 Å². The van der Waals surface area contributed by atoms with Crippen LogP contribution in [0.15, 0.2) is 12.5 Å². The van der Waals surface area contributed by atoms with Crippen molar-refractivity contribution in [3.05, 3.63) is 18.2 Å². The van der Waals surface area contributed by atoms with Crippen molar-refractivity contribution in [3.8, 4) is 0 Å². The number of hydrogen-bond acceptors (Lipinski definition) is 5. The standard InChI is InChI=1S/C6H9N3O2.C3H7NO2/c7-5(6(10)11)1-4-2-8-3-9-4;1-2(4)3(5)6/h2-3,5H,1,7H2,(H,8,9)(H,10,11);2H,4H2,1H3,(H,5,6). The quantitative estimate of drug-likeness (QED) is 0.444. The lowest BCUT2D eigenvalue weighted by molar-refractivity contribution is -0.139. The molecule has 0 aromatic carbocycles. The first-order valence-electron chi connectivity index (χ1n) is 4.78. The van der Waals surface area contributed by atoms with Gasteiger partial charge in [-0.15, -0.1) is 0 Å². The van der Waals surface area contributed by atoms with Crippen molar-refractivity contribution < 1.29 is 19.8 Å². The molecule has 1 aromatic rings. The van der Waals surface area contributed by atoms with Crippen molar-refractivity contribution in [2.45, 2.75) is 25.4 Å². The maximum Gasteiger partial charge on any atom is 0.320 e. The lowest BCUT2D eigenvalue weighted by atomic mass is 10.2. The second kappa shape index (κ2) is 7.36. The highest BCUT2D eigenvalue weighted by molar-refractivity contribution is 5.73. The number of nitrogens with two attached hydrogens (primary N) is 2. The minimum absolute atomic E-state index is 0.287. The zero-order valence-electron chi connectivity index (χ0n) is 9.33. The van der Waals surface area contributed by atoms with E-state index < -0.39 is 24.0 Å². The Bertz CT molecular complexity index is 350. The normalized spacial score (nSPS) is 13.1.